The summed E-state index contributed by atoms with van der Waals surface area (Å²) in [5.74, 6) is -1.63. The van der Waals surface area contributed by atoms with Crippen molar-refractivity contribution in [1.29, 1.82) is 0 Å². The number of methoxy groups -OCH3 is 1. The highest BCUT2D eigenvalue weighted by Gasteiger charge is 2.32. The van der Waals surface area contributed by atoms with Crippen LogP contribution in [0.4, 0.5) is 5.69 Å². The average Bonchev–Trinajstić information content (AvgIpc) is 2.51. The minimum Gasteiger partial charge on any atom is -0.481 e. The van der Waals surface area contributed by atoms with Crippen molar-refractivity contribution in [2.45, 2.75) is 18.9 Å². The molecule has 0 spiro atoms. The van der Waals surface area contributed by atoms with E-state index >= 15 is 0 Å². The lowest BCUT2D eigenvalue weighted by molar-refractivity contribution is -0.141. The van der Waals surface area contributed by atoms with Crippen molar-refractivity contribution in [1.82, 2.24) is 0 Å². The first-order valence-electron chi connectivity index (χ1n) is 6.90. The number of ether oxygens (including phenoxy) is 1. The number of hydrogen-bond donors (Lipinski definition) is 2. The molecule has 1 heterocycles. The molecule has 1 amide bonds. The number of fused-ring (bicyclic) bond motifs is 1. The molecule has 0 radical (unpaired) electrons. The van der Waals surface area contributed by atoms with Crippen LogP contribution in [0.1, 0.15) is 12.0 Å². The Morgan fingerprint density at radius 3 is 2.81 bits per heavy atom. The third kappa shape index (κ3) is 3.40. The number of para-hydroxylation sites is 1. The van der Waals surface area contributed by atoms with E-state index in [0.29, 0.717) is 6.42 Å². The van der Waals surface area contributed by atoms with Gasteiger partial charge in [-0.25, -0.2) is 0 Å². The van der Waals surface area contributed by atoms with Gasteiger partial charge in [0.1, 0.15) is 0 Å². The Morgan fingerprint density at radius 1 is 1.48 bits per heavy atom. The molecule has 0 saturated carbocycles. The second-order valence-electron chi connectivity index (χ2n) is 5.17. The van der Waals surface area contributed by atoms with Crippen LogP contribution >= 0.6 is 0 Å². The summed E-state index contributed by atoms with van der Waals surface area (Å²) >= 11 is 0. The number of rotatable bonds is 5. The van der Waals surface area contributed by atoms with Gasteiger partial charge < -0.3 is 20.5 Å². The molecule has 0 fully saturated rings. The van der Waals surface area contributed by atoms with E-state index in [1.165, 1.54) is 7.11 Å². The maximum absolute atomic E-state index is 12.5. The third-order valence-corrected chi connectivity index (χ3v) is 3.80. The molecule has 114 valence electrons. The van der Waals surface area contributed by atoms with Crippen LogP contribution in [-0.4, -0.2) is 43.3 Å². The van der Waals surface area contributed by atoms with Crippen LogP contribution in [-0.2, 0) is 20.7 Å². The van der Waals surface area contributed by atoms with E-state index in [9.17, 15) is 14.7 Å². The molecule has 6 heteroatoms. The number of amides is 1. The van der Waals surface area contributed by atoms with Crippen molar-refractivity contribution in [2.75, 3.05) is 25.1 Å². The van der Waals surface area contributed by atoms with Crippen LogP contribution in [0.25, 0.3) is 0 Å². The zero-order valence-electron chi connectivity index (χ0n) is 12.0. The molecule has 1 aliphatic heterocycles. The maximum Gasteiger partial charge on any atom is 0.308 e. The number of nitrogens with two attached hydrogens (primary N) is 1. The van der Waals surface area contributed by atoms with E-state index in [4.69, 9.17) is 10.5 Å². The Balaban J connectivity index is 2.24. The van der Waals surface area contributed by atoms with Gasteiger partial charge in [0.25, 0.3) is 0 Å². The molecule has 21 heavy (non-hydrogen) atoms. The number of carbonyl (C=O) groups is 2. The minimum absolute atomic E-state index is 0.147. The summed E-state index contributed by atoms with van der Waals surface area (Å²) in [6, 6.07) is 7.40. The van der Waals surface area contributed by atoms with Crippen molar-refractivity contribution in [3.05, 3.63) is 29.8 Å². The Labute approximate surface area is 123 Å². The zero-order chi connectivity index (χ0) is 15.4. The first kappa shape index (κ1) is 15.5. The van der Waals surface area contributed by atoms with Crippen molar-refractivity contribution in [2.24, 2.45) is 11.7 Å². The molecule has 3 N–H and O–H groups in total. The first-order chi connectivity index (χ1) is 10.1. The number of carboxylic acid groups (broad SMARTS) is 1. The third-order valence-electron chi connectivity index (χ3n) is 3.80. The standard InChI is InChI=1S/C15H20N2O4/c1-21-12(8-16)7-14(18)17-9-11(15(19)20)6-10-4-2-3-5-13(10)17/h2-5,11-12H,6-9,16H2,1H3,(H,19,20). The van der Waals surface area contributed by atoms with E-state index in [1.807, 2.05) is 24.3 Å². The van der Waals surface area contributed by atoms with E-state index in [0.717, 1.165) is 11.3 Å². The Morgan fingerprint density at radius 2 is 2.19 bits per heavy atom. The minimum atomic E-state index is -0.885. The van der Waals surface area contributed by atoms with Gasteiger partial charge in [0.05, 0.1) is 18.4 Å². The van der Waals surface area contributed by atoms with Crippen LogP contribution < -0.4 is 10.6 Å². The number of anilines is 1. The quantitative estimate of drug-likeness (QED) is 0.831. The smallest absolute Gasteiger partial charge is 0.308 e. The van der Waals surface area contributed by atoms with Crippen molar-refractivity contribution >= 4 is 17.6 Å². The number of carboxylic acids is 1. The van der Waals surface area contributed by atoms with E-state index in [2.05, 4.69) is 0 Å². The fourth-order valence-corrected chi connectivity index (χ4v) is 2.56. The summed E-state index contributed by atoms with van der Waals surface area (Å²) in [6.07, 6.45) is 0.239. The number of hydrogen-bond acceptors (Lipinski definition) is 4. The predicted octanol–water partition coefficient (Wildman–Crippen LogP) is 0.640. The van der Waals surface area contributed by atoms with Gasteiger partial charge in [0, 0.05) is 25.9 Å². The van der Waals surface area contributed by atoms with E-state index in [1.54, 1.807) is 4.90 Å². The average molecular weight is 292 g/mol. The molecule has 2 rings (SSSR count). The highest BCUT2D eigenvalue weighted by Crippen LogP contribution is 2.30. The van der Waals surface area contributed by atoms with Gasteiger partial charge in [-0.3, -0.25) is 9.59 Å². The normalized spacial score (nSPS) is 19.0. The van der Waals surface area contributed by atoms with Gasteiger partial charge in [-0.05, 0) is 18.1 Å². The van der Waals surface area contributed by atoms with Gasteiger partial charge in [0.2, 0.25) is 5.91 Å². The van der Waals surface area contributed by atoms with Gasteiger partial charge in [0.15, 0.2) is 0 Å². The summed E-state index contributed by atoms with van der Waals surface area (Å²) in [5.41, 5.74) is 7.21. The van der Waals surface area contributed by atoms with E-state index in [-0.39, 0.29) is 31.5 Å². The topological polar surface area (TPSA) is 92.9 Å². The van der Waals surface area contributed by atoms with Crippen LogP contribution in [0.2, 0.25) is 0 Å². The molecule has 2 unspecified atom stereocenters. The molecule has 0 aromatic heterocycles. The molecular weight excluding hydrogens is 272 g/mol. The zero-order valence-corrected chi connectivity index (χ0v) is 12.0. The Bertz CT molecular complexity index is 528. The van der Waals surface area contributed by atoms with E-state index < -0.39 is 11.9 Å². The number of aliphatic carboxylic acids is 1. The van der Waals surface area contributed by atoms with Crippen LogP contribution in [0, 0.1) is 5.92 Å². The fourth-order valence-electron chi connectivity index (χ4n) is 2.56. The maximum atomic E-state index is 12.5. The van der Waals surface area contributed by atoms with Crippen molar-refractivity contribution < 1.29 is 19.4 Å². The van der Waals surface area contributed by atoms with Gasteiger partial charge in [-0.1, -0.05) is 18.2 Å². The monoisotopic (exact) mass is 292 g/mol. The molecule has 1 aromatic carbocycles. The second-order valence-corrected chi connectivity index (χ2v) is 5.17. The van der Waals surface area contributed by atoms with Crippen molar-refractivity contribution in [3.8, 4) is 0 Å². The Kier molecular flexibility index (Phi) is 4.93. The largest absolute Gasteiger partial charge is 0.481 e. The predicted molar refractivity (Wildman–Crippen MR) is 78.1 cm³/mol. The molecule has 1 aliphatic rings. The van der Waals surface area contributed by atoms with Gasteiger partial charge in [-0.2, -0.15) is 0 Å². The van der Waals surface area contributed by atoms with Gasteiger partial charge in [-0.15, -0.1) is 0 Å². The molecule has 2 atom stereocenters. The summed E-state index contributed by atoms with van der Waals surface area (Å²) in [6.45, 7) is 0.437. The SMILES string of the molecule is COC(CN)CC(=O)N1CC(C(=O)O)Cc2ccccc21. The lowest BCUT2D eigenvalue weighted by Crippen LogP contribution is -2.44. The van der Waals surface area contributed by atoms with Crippen LogP contribution in [0.5, 0.6) is 0 Å². The lowest BCUT2D eigenvalue weighted by Gasteiger charge is -2.33. The van der Waals surface area contributed by atoms with Crippen molar-refractivity contribution in [3.63, 3.8) is 0 Å². The lowest BCUT2D eigenvalue weighted by atomic mass is 9.92. The van der Waals surface area contributed by atoms with Crippen LogP contribution in [0.15, 0.2) is 24.3 Å². The number of benzene rings is 1. The molecule has 0 bridgehead atoms. The molecule has 0 saturated heterocycles. The molecule has 6 nitrogen and oxygen atoms in total. The fraction of sp³-hybridized carbons (Fsp3) is 0.467. The highest BCUT2D eigenvalue weighted by molar-refractivity contribution is 5.96. The highest BCUT2D eigenvalue weighted by atomic mass is 16.5. The second kappa shape index (κ2) is 6.69. The molecular formula is C15H20N2O4. The number of nitrogens with zero attached hydrogens (tertiary/aromatic N) is 1. The van der Waals surface area contributed by atoms with Crippen LogP contribution in [0.3, 0.4) is 0 Å². The summed E-state index contributed by atoms with van der Waals surface area (Å²) in [4.78, 5) is 25.3. The molecule has 0 aliphatic carbocycles. The first-order valence-corrected chi connectivity index (χ1v) is 6.90. The summed E-state index contributed by atoms with van der Waals surface area (Å²) in [5, 5.41) is 9.25. The molecule has 1 aromatic rings. The summed E-state index contributed by atoms with van der Waals surface area (Å²) < 4.78 is 5.13. The Hall–Kier alpha value is -1.92. The van der Waals surface area contributed by atoms with Gasteiger partial charge >= 0.3 is 5.97 Å². The number of carbonyl (C=O) groups excluding carboxylic acids is 1. The summed E-state index contributed by atoms with van der Waals surface area (Å²) in [7, 11) is 1.51.